The Hall–Kier alpha value is -2.63. The molecule has 1 aromatic carbocycles. The Labute approximate surface area is 141 Å². The van der Waals surface area contributed by atoms with Crippen LogP contribution in [0, 0.1) is 13.8 Å². The van der Waals surface area contributed by atoms with Gasteiger partial charge < -0.3 is 14.6 Å². The summed E-state index contributed by atoms with van der Waals surface area (Å²) >= 11 is 0. The van der Waals surface area contributed by atoms with Crippen LogP contribution >= 0.6 is 0 Å². The Morgan fingerprint density at radius 3 is 2.54 bits per heavy atom. The van der Waals surface area contributed by atoms with E-state index in [2.05, 4.69) is 17.4 Å². The lowest BCUT2D eigenvalue weighted by Crippen LogP contribution is -2.32. The second-order valence-electron chi connectivity index (χ2n) is 5.59. The molecule has 6 heteroatoms. The second-order valence-corrected chi connectivity index (χ2v) is 5.59. The SMILES string of the molecule is CCC[C@H](NC(=O)COC(=O)c1c(C)noc1C)c1ccccc1. The highest BCUT2D eigenvalue weighted by molar-refractivity contribution is 5.93. The van der Waals surface area contributed by atoms with Gasteiger partial charge in [-0.1, -0.05) is 48.8 Å². The van der Waals surface area contributed by atoms with Gasteiger partial charge in [-0.3, -0.25) is 4.79 Å². The van der Waals surface area contributed by atoms with E-state index in [0.717, 1.165) is 18.4 Å². The van der Waals surface area contributed by atoms with E-state index in [4.69, 9.17) is 9.26 Å². The fourth-order valence-corrected chi connectivity index (χ4v) is 2.51. The Morgan fingerprint density at radius 2 is 1.96 bits per heavy atom. The van der Waals surface area contributed by atoms with Crippen molar-refractivity contribution in [2.45, 2.75) is 39.7 Å². The Morgan fingerprint density at radius 1 is 1.25 bits per heavy atom. The van der Waals surface area contributed by atoms with Gasteiger partial charge in [-0.05, 0) is 25.8 Å². The van der Waals surface area contributed by atoms with Gasteiger partial charge in [-0.25, -0.2) is 4.79 Å². The van der Waals surface area contributed by atoms with Gasteiger partial charge >= 0.3 is 5.97 Å². The Kier molecular flexibility index (Phi) is 6.12. The molecule has 128 valence electrons. The summed E-state index contributed by atoms with van der Waals surface area (Å²) in [4.78, 5) is 24.1. The van der Waals surface area contributed by atoms with Crippen molar-refractivity contribution in [3.63, 3.8) is 0 Å². The van der Waals surface area contributed by atoms with Crippen LogP contribution in [0.1, 0.15) is 53.2 Å². The standard InChI is InChI=1S/C18H22N2O4/c1-4-8-15(14-9-6-5-7-10-14)19-16(21)11-23-18(22)17-12(2)20-24-13(17)3/h5-7,9-10,15H,4,8,11H2,1-3H3,(H,19,21)/t15-/m0/s1. The highest BCUT2D eigenvalue weighted by Crippen LogP contribution is 2.18. The minimum absolute atomic E-state index is 0.0959. The van der Waals surface area contributed by atoms with Crippen LogP contribution in [-0.4, -0.2) is 23.6 Å². The molecule has 0 fully saturated rings. The number of hydrogen-bond donors (Lipinski definition) is 1. The number of nitrogens with one attached hydrogen (secondary N) is 1. The summed E-state index contributed by atoms with van der Waals surface area (Å²) < 4.78 is 10.00. The zero-order valence-corrected chi connectivity index (χ0v) is 14.2. The minimum atomic E-state index is -0.604. The summed E-state index contributed by atoms with van der Waals surface area (Å²) in [6.07, 6.45) is 1.74. The summed E-state index contributed by atoms with van der Waals surface area (Å²) in [5, 5.41) is 6.61. The molecule has 0 aliphatic heterocycles. The van der Waals surface area contributed by atoms with Crippen molar-refractivity contribution in [1.82, 2.24) is 10.5 Å². The number of carbonyl (C=O) groups is 2. The molecular weight excluding hydrogens is 308 g/mol. The second kappa shape index (κ2) is 8.29. The predicted octanol–water partition coefficient (Wildman–Crippen LogP) is 3.11. The van der Waals surface area contributed by atoms with Crippen LogP contribution in [0.3, 0.4) is 0 Å². The van der Waals surface area contributed by atoms with Gasteiger partial charge in [0.25, 0.3) is 5.91 Å². The third kappa shape index (κ3) is 4.44. The Bertz CT molecular complexity index is 675. The lowest BCUT2D eigenvalue weighted by molar-refractivity contribution is -0.125. The van der Waals surface area contributed by atoms with Crippen LogP contribution in [0.5, 0.6) is 0 Å². The molecule has 0 unspecified atom stereocenters. The summed E-state index contributed by atoms with van der Waals surface area (Å²) in [5.74, 6) is -0.559. The molecule has 2 aromatic rings. The third-order valence-electron chi connectivity index (χ3n) is 3.69. The van der Waals surface area contributed by atoms with E-state index in [-0.39, 0.29) is 24.1 Å². The Balaban J connectivity index is 1.93. The first kappa shape index (κ1) is 17.7. The van der Waals surface area contributed by atoms with E-state index in [1.807, 2.05) is 30.3 Å². The normalized spacial score (nSPS) is 11.8. The lowest BCUT2D eigenvalue weighted by atomic mass is 10.0. The maximum absolute atomic E-state index is 12.1. The maximum Gasteiger partial charge on any atom is 0.344 e. The summed E-state index contributed by atoms with van der Waals surface area (Å²) in [6.45, 7) is 5.00. The fourth-order valence-electron chi connectivity index (χ4n) is 2.51. The number of carbonyl (C=O) groups excluding carboxylic acids is 2. The highest BCUT2D eigenvalue weighted by atomic mass is 16.5. The first-order valence-electron chi connectivity index (χ1n) is 7.97. The molecule has 0 spiro atoms. The number of ether oxygens (including phenoxy) is 1. The number of aryl methyl sites for hydroxylation is 2. The molecule has 0 saturated heterocycles. The monoisotopic (exact) mass is 330 g/mol. The van der Waals surface area contributed by atoms with Gasteiger partial charge in [0, 0.05) is 0 Å². The molecule has 6 nitrogen and oxygen atoms in total. The number of amides is 1. The molecule has 1 heterocycles. The van der Waals surface area contributed by atoms with Gasteiger partial charge in [0.1, 0.15) is 11.3 Å². The van der Waals surface area contributed by atoms with Gasteiger partial charge in [0.2, 0.25) is 0 Å². The fraction of sp³-hybridized carbons (Fsp3) is 0.389. The van der Waals surface area contributed by atoms with Crippen LogP contribution in [0.15, 0.2) is 34.9 Å². The average Bonchev–Trinajstić information content (AvgIpc) is 2.92. The summed E-state index contributed by atoms with van der Waals surface area (Å²) in [6, 6.07) is 9.64. The minimum Gasteiger partial charge on any atom is -0.452 e. The number of esters is 1. The molecule has 24 heavy (non-hydrogen) atoms. The first-order chi connectivity index (χ1) is 11.5. The largest absolute Gasteiger partial charge is 0.452 e. The first-order valence-corrected chi connectivity index (χ1v) is 7.97. The van der Waals surface area contributed by atoms with E-state index < -0.39 is 5.97 Å². The van der Waals surface area contributed by atoms with Crippen LogP contribution in [0.25, 0.3) is 0 Å². The number of rotatable bonds is 7. The number of benzene rings is 1. The van der Waals surface area contributed by atoms with Crippen molar-refractivity contribution >= 4 is 11.9 Å². The number of aromatic nitrogens is 1. The molecule has 1 aromatic heterocycles. The molecule has 0 aliphatic carbocycles. The van der Waals surface area contributed by atoms with Crippen LogP contribution in [-0.2, 0) is 9.53 Å². The molecule has 0 radical (unpaired) electrons. The molecule has 2 rings (SSSR count). The molecule has 1 atom stereocenters. The number of nitrogens with zero attached hydrogens (tertiary/aromatic N) is 1. The quantitative estimate of drug-likeness (QED) is 0.789. The molecule has 0 saturated carbocycles. The van der Waals surface area contributed by atoms with Crippen LogP contribution in [0.4, 0.5) is 0 Å². The highest BCUT2D eigenvalue weighted by Gasteiger charge is 2.21. The molecule has 0 aliphatic rings. The van der Waals surface area contributed by atoms with E-state index in [1.165, 1.54) is 0 Å². The predicted molar refractivity (Wildman–Crippen MR) is 88.5 cm³/mol. The molecule has 1 amide bonds. The van der Waals surface area contributed by atoms with Gasteiger partial charge in [-0.15, -0.1) is 0 Å². The summed E-state index contributed by atoms with van der Waals surface area (Å²) in [5.41, 5.74) is 1.76. The van der Waals surface area contributed by atoms with E-state index in [1.54, 1.807) is 13.8 Å². The van der Waals surface area contributed by atoms with Crippen molar-refractivity contribution < 1.29 is 18.8 Å². The van der Waals surface area contributed by atoms with Crippen molar-refractivity contribution in [3.05, 3.63) is 52.9 Å². The molecule has 0 bridgehead atoms. The molecular formula is C18H22N2O4. The van der Waals surface area contributed by atoms with Crippen molar-refractivity contribution in [2.24, 2.45) is 0 Å². The average molecular weight is 330 g/mol. The topological polar surface area (TPSA) is 81.4 Å². The van der Waals surface area contributed by atoms with Crippen LogP contribution < -0.4 is 5.32 Å². The zero-order valence-electron chi connectivity index (χ0n) is 14.2. The smallest absolute Gasteiger partial charge is 0.344 e. The van der Waals surface area contributed by atoms with Gasteiger partial charge in [0.15, 0.2) is 6.61 Å². The van der Waals surface area contributed by atoms with E-state index in [0.29, 0.717) is 11.5 Å². The van der Waals surface area contributed by atoms with Crippen molar-refractivity contribution in [1.29, 1.82) is 0 Å². The van der Waals surface area contributed by atoms with Gasteiger partial charge in [-0.2, -0.15) is 0 Å². The van der Waals surface area contributed by atoms with Crippen LogP contribution in [0.2, 0.25) is 0 Å². The van der Waals surface area contributed by atoms with Gasteiger partial charge in [0.05, 0.1) is 11.7 Å². The summed E-state index contributed by atoms with van der Waals surface area (Å²) in [7, 11) is 0. The maximum atomic E-state index is 12.1. The van der Waals surface area contributed by atoms with E-state index in [9.17, 15) is 9.59 Å². The molecule has 1 N–H and O–H groups in total. The number of hydrogen-bond acceptors (Lipinski definition) is 5. The van der Waals surface area contributed by atoms with E-state index >= 15 is 0 Å². The lowest BCUT2D eigenvalue weighted by Gasteiger charge is -2.18. The van der Waals surface area contributed by atoms with Crippen molar-refractivity contribution in [2.75, 3.05) is 6.61 Å². The third-order valence-corrected chi connectivity index (χ3v) is 3.69. The zero-order chi connectivity index (χ0) is 17.5. The van der Waals surface area contributed by atoms with Crippen molar-refractivity contribution in [3.8, 4) is 0 Å².